The first-order chi connectivity index (χ1) is 5.24. The van der Waals surface area contributed by atoms with Crippen molar-refractivity contribution in [2.75, 3.05) is 17.8 Å². The van der Waals surface area contributed by atoms with E-state index in [4.69, 9.17) is 10.2 Å². The third-order valence-electron chi connectivity index (χ3n) is 0.892. The van der Waals surface area contributed by atoms with Crippen LogP contribution in [0.3, 0.4) is 0 Å². The van der Waals surface area contributed by atoms with Gasteiger partial charge in [-0.3, -0.25) is 0 Å². The molecule has 0 aromatic carbocycles. The molecule has 0 atom stereocenters. The lowest BCUT2D eigenvalue weighted by Gasteiger charge is -2.11. The maximum Gasteiger partial charge on any atom is 0.408 e. The Labute approximate surface area is 77.9 Å². The molecule has 0 bridgehead atoms. The third kappa shape index (κ3) is 5.22. The highest BCUT2D eigenvalue weighted by Gasteiger charge is 2.10. The summed E-state index contributed by atoms with van der Waals surface area (Å²) in [6.07, 6.45) is -1.45. The molecule has 0 spiro atoms. The summed E-state index contributed by atoms with van der Waals surface area (Å²) in [4.78, 5) is 10.6. The molecule has 1 amide bonds. The summed E-state index contributed by atoms with van der Waals surface area (Å²) in [6, 6.07) is 0. The van der Waals surface area contributed by atoms with Crippen molar-refractivity contribution in [2.24, 2.45) is 0 Å². The molecule has 5 nitrogen and oxygen atoms in total. The number of aliphatic hydroxyl groups excluding tert-OH is 2. The van der Waals surface area contributed by atoms with Gasteiger partial charge in [-0.2, -0.15) is 0 Å². The Morgan fingerprint density at radius 3 is 2.45 bits per heavy atom. The molecule has 0 saturated heterocycles. The molecule has 0 radical (unpaired) electrons. The van der Waals surface area contributed by atoms with Crippen LogP contribution in [0.15, 0.2) is 0 Å². The molecule has 6 heteroatoms. The van der Waals surface area contributed by atoms with Crippen LogP contribution in [0.2, 0.25) is 0 Å². The first-order valence-corrected chi connectivity index (χ1v) is 4.49. The van der Waals surface area contributed by atoms with Crippen LogP contribution in [-0.4, -0.2) is 40.2 Å². The summed E-state index contributed by atoms with van der Waals surface area (Å²) >= 11 is 1.94. The summed E-state index contributed by atoms with van der Waals surface area (Å²) in [5, 5.41) is 19.3. The van der Waals surface area contributed by atoms with Gasteiger partial charge in [0.25, 0.3) is 0 Å². The van der Waals surface area contributed by atoms with Crippen molar-refractivity contribution in [3.8, 4) is 0 Å². The Hall–Kier alpha value is -0.0800. The normalized spacial score (nSPS) is 9.82. The minimum atomic E-state index is -0.821. The summed E-state index contributed by atoms with van der Waals surface area (Å²) in [5.74, 6) is 0. The molecule has 0 aliphatic carbocycles. The molecule has 3 N–H and O–H groups in total. The van der Waals surface area contributed by atoms with Crippen LogP contribution in [0, 0.1) is 0 Å². The number of rotatable bonds is 4. The number of alkyl halides is 1. The van der Waals surface area contributed by atoms with E-state index < -0.39 is 12.2 Å². The summed E-state index contributed by atoms with van der Waals surface area (Å²) in [6.45, 7) is -0.740. The van der Waals surface area contributed by atoms with Crippen LogP contribution in [0.1, 0.15) is 0 Å². The number of hydrogen-bond donors (Lipinski definition) is 3. The molecular weight excluding hydrogens is 265 g/mol. The molecule has 0 unspecified atom stereocenters. The molecule has 0 aliphatic heterocycles. The lowest BCUT2D eigenvalue weighted by atomic mass is 10.4. The number of nitrogens with one attached hydrogen (secondary N) is 1. The van der Waals surface area contributed by atoms with Gasteiger partial charge in [0.1, 0.15) is 6.10 Å². The fourth-order valence-corrected chi connectivity index (χ4v) is 0.691. The molecule has 0 saturated carbocycles. The van der Waals surface area contributed by atoms with E-state index >= 15 is 0 Å². The van der Waals surface area contributed by atoms with E-state index in [-0.39, 0.29) is 13.2 Å². The highest BCUT2D eigenvalue weighted by atomic mass is 127. The molecular formula is C5H10INO4. The maximum atomic E-state index is 10.6. The Bertz CT molecular complexity index is 117. The van der Waals surface area contributed by atoms with Crippen LogP contribution >= 0.6 is 22.6 Å². The zero-order valence-corrected chi connectivity index (χ0v) is 7.95. The number of hydrogen-bond acceptors (Lipinski definition) is 4. The minimum absolute atomic E-state index is 0.370. The maximum absolute atomic E-state index is 10.6. The van der Waals surface area contributed by atoms with Crippen molar-refractivity contribution in [2.45, 2.75) is 6.10 Å². The molecule has 0 aromatic rings. The summed E-state index contributed by atoms with van der Waals surface area (Å²) < 4.78 is 4.97. The molecule has 66 valence electrons. The second-order valence-electron chi connectivity index (χ2n) is 1.70. The van der Waals surface area contributed by atoms with Crippen molar-refractivity contribution in [3.05, 3.63) is 0 Å². The van der Waals surface area contributed by atoms with Crippen LogP contribution in [0.5, 0.6) is 0 Å². The Balaban J connectivity index is 3.54. The van der Waals surface area contributed by atoms with Crippen LogP contribution in [0.4, 0.5) is 4.79 Å². The average molecular weight is 275 g/mol. The van der Waals surface area contributed by atoms with Gasteiger partial charge in [-0.25, -0.2) is 4.79 Å². The van der Waals surface area contributed by atoms with E-state index in [1.807, 2.05) is 22.6 Å². The lowest BCUT2D eigenvalue weighted by Crippen LogP contribution is -2.31. The smallest absolute Gasteiger partial charge is 0.408 e. The molecule has 0 aliphatic rings. The molecule has 0 rings (SSSR count). The van der Waals surface area contributed by atoms with E-state index in [0.717, 1.165) is 0 Å². The van der Waals surface area contributed by atoms with E-state index in [2.05, 4.69) is 10.1 Å². The minimum Gasteiger partial charge on any atom is -0.441 e. The van der Waals surface area contributed by atoms with E-state index in [0.29, 0.717) is 4.55 Å². The molecule has 0 heterocycles. The van der Waals surface area contributed by atoms with Gasteiger partial charge in [0.15, 0.2) is 0 Å². The fourth-order valence-electron chi connectivity index (χ4n) is 0.380. The first-order valence-electron chi connectivity index (χ1n) is 2.96. The van der Waals surface area contributed by atoms with Gasteiger partial charge in [0, 0.05) is 0 Å². The number of amides is 1. The number of ether oxygens (including phenoxy) is 1. The first kappa shape index (κ1) is 10.9. The zero-order valence-electron chi connectivity index (χ0n) is 5.79. The number of carbonyl (C=O) groups is 1. The predicted octanol–water partition coefficient (Wildman–Crippen LogP) is -0.542. The standard InChI is InChI=1S/C5H10INO4/c6-3-7-5(10)11-4(1-8)2-9/h4,8-9H,1-3H2,(H,7,10). The van der Waals surface area contributed by atoms with Gasteiger partial charge >= 0.3 is 6.09 Å². The SMILES string of the molecule is O=C(NCI)OC(CO)CO. The van der Waals surface area contributed by atoms with E-state index in [1.54, 1.807) is 0 Å². The Morgan fingerprint density at radius 2 is 2.09 bits per heavy atom. The van der Waals surface area contributed by atoms with Crippen molar-refractivity contribution in [1.82, 2.24) is 5.32 Å². The van der Waals surface area contributed by atoms with Gasteiger partial charge in [-0.05, 0) is 0 Å². The number of aliphatic hydroxyl groups is 2. The molecule has 0 fully saturated rings. The van der Waals surface area contributed by atoms with E-state index in [1.165, 1.54) is 0 Å². The summed E-state index contributed by atoms with van der Waals surface area (Å²) in [7, 11) is 0. The predicted molar refractivity (Wildman–Crippen MR) is 46.5 cm³/mol. The van der Waals surface area contributed by atoms with Crippen LogP contribution < -0.4 is 5.32 Å². The monoisotopic (exact) mass is 275 g/mol. The van der Waals surface area contributed by atoms with Gasteiger partial charge in [-0.15, -0.1) is 0 Å². The second kappa shape index (κ2) is 6.62. The van der Waals surface area contributed by atoms with Gasteiger partial charge in [0.2, 0.25) is 0 Å². The molecule has 0 aromatic heterocycles. The van der Waals surface area contributed by atoms with Crippen LogP contribution in [-0.2, 0) is 4.74 Å². The second-order valence-corrected chi connectivity index (χ2v) is 2.47. The highest BCUT2D eigenvalue weighted by Crippen LogP contribution is 1.90. The Kier molecular flexibility index (Phi) is 6.57. The molecule has 11 heavy (non-hydrogen) atoms. The van der Waals surface area contributed by atoms with Crippen molar-refractivity contribution in [3.63, 3.8) is 0 Å². The van der Waals surface area contributed by atoms with Gasteiger partial charge < -0.3 is 20.3 Å². The number of carbonyl (C=O) groups excluding carboxylic acids is 1. The highest BCUT2D eigenvalue weighted by molar-refractivity contribution is 14.1. The summed E-state index contributed by atoms with van der Waals surface area (Å²) in [5.41, 5.74) is 0. The average Bonchev–Trinajstić information content (AvgIpc) is 2.01. The van der Waals surface area contributed by atoms with E-state index in [9.17, 15) is 4.79 Å². The van der Waals surface area contributed by atoms with Gasteiger partial charge in [0.05, 0.1) is 17.8 Å². The zero-order chi connectivity index (χ0) is 8.69. The Morgan fingerprint density at radius 1 is 1.55 bits per heavy atom. The van der Waals surface area contributed by atoms with Crippen molar-refractivity contribution < 1.29 is 19.7 Å². The van der Waals surface area contributed by atoms with Crippen molar-refractivity contribution in [1.29, 1.82) is 0 Å². The number of halogens is 1. The van der Waals surface area contributed by atoms with Crippen LogP contribution in [0.25, 0.3) is 0 Å². The quantitative estimate of drug-likeness (QED) is 0.366. The lowest BCUT2D eigenvalue weighted by molar-refractivity contribution is 0.0231. The largest absolute Gasteiger partial charge is 0.441 e. The topological polar surface area (TPSA) is 78.8 Å². The number of alkyl carbamates (subject to hydrolysis) is 1. The third-order valence-corrected chi connectivity index (χ3v) is 1.27. The van der Waals surface area contributed by atoms with Gasteiger partial charge in [-0.1, -0.05) is 22.6 Å². The fraction of sp³-hybridized carbons (Fsp3) is 0.800. The van der Waals surface area contributed by atoms with Crippen molar-refractivity contribution >= 4 is 28.7 Å².